The maximum Gasteiger partial charge on any atom is 0.353 e. The van der Waals surface area contributed by atoms with Crippen LogP contribution in [0.3, 0.4) is 0 Å². The maximum atomic E-state index is 13.5. The molecule has 2 heterocycles. The van der Waals surface area contributed by atoms with E-state index in [0.717, 1.165) is 4.47 Å². The summed E-state index contributed by atoms with van der Waals surface area (Å²) in [7, 11) is 0. The van der Waals surface area contributed by atoms with Crippen molar-refractivity contribution in [3.8, 4) is 11.1 Å². The van der Waals surface area contributed by atoms with Crippen LogP contribution >= 0.6 is 15.9 Å². The van der Waals surface area contributed by atoms with Gasteiger partial charge >= 0.3 is 11.9 Å². The van der Waals surface area contributed by atoms with Crippen molar-refractivity contribution >= 4 is 44.5 Å². The number of halogens is 1. The number of nitrogens with zero attached hydrogens (tertiary/aromatic N) is 2. The molecular weight excluding hydrogens is 516 g/mol. The van der Waals surface area contributed by atoms with Gasteiger partial charge in [-0.15, -0.1) is 0 Å². The quantitative estimate of drug-likeness (QED) is 0.463. The second-order valence-corrected chi connectivity index (χ2v) is 9.63. The summed E-state index contributed by atoms with van der Waals surface area (Å²) in [6.45, 7) is 1.13. The molecule has 1 aromatic heterocycles. The number of hydrogen-bond donors (Lipinski definition) is 2. The molecule has 1 amide bonds. The minimum Gasteiger partial charge on any atom is -0.481 e. The zero-order chi connectivity index (χ0) is 25.1. The van der Waals surface area contributed by atoms with Gasteiger partial charge in [0.15, 0.2) is 0 Å². The average Bonchev–Trinajstić information content (AvgIpc) is 2.84. The van der Waals surface area contributed by atoms with Gasteiger partial charge in [0.2, 0.25) is 5.91 Å². The van der Waals surface area contributed by atoms with Crippen LogP contribution < -0.4 is 5.56 Å². The molecule has 0 atom stereocenters. The number of benzene rings is 2. The van der Waals surface area contributed by atoms with Crippen molar-refractivity contribution in [2.24, 2.45) is 5.92 Å². The minimum atomic E-state index is -1.18. The van der Waals surface area contributed by atoms with Crippen LogP contribution in [0.4, 0.5) is 0 Å². The zero-order valence-corrected chi connectivity index (χ0v) is 20.5. The smallest absolute Gasteiger partial charge is 0.353 e. The van der Waals surface area contributed by atoms with Crippen LogP contribution in [-0.4, -0.2) is 50.6 Å². The molecule has 1 fully saturated rings. The lowest BCUT2D eigenvalue weighted by Crippen LogP contribution is -2.40. The number of carbonyl (C=O) groups is 3. The van der Waals surface area contributed by atoms with Crippen molar-refractivity contribution in [1.29, 1.82) is 0 Å². The third kappa shape index (κ3) is 5.30. The molecule has 182 valence electrons. The molecule has 4 rings (SSSR count). The van der Waals surface area contributed by atoms with E-state index in [4.69, 9.17) is 5.11 Å². The molecule has 1 aliphatic heterocycles. The highest BCUT2D eigenvalue weighted by atomic mass is 79.9. The highest BCUT2D eigenvalue weighted by Gasteiger charge is 2.28. The number of aliphatic carboxylic acids is 1. The Morgan fingerprint density at radius 3 is 2.26 bits per heavy atom. The first-order valence-electron chi connectivity index (χ1n) is 11.4. The van der Waals surface area contributed by atoms with Crippen LogP contribution in [0.5, 0.6) is 0 Å². The monoisotopic (exact) mass is 540 g/mol. The summed E-state index contributed by atoms with van der Waals surface area (Å²) in [6, 6.07) is 14.4. The third-order valence-corrected chi connectivity index (χ3v) is 6.95. The average molecular weight is 541 g/mol. The van der Waals surface area contributed by atoms with E-state index in [1.807, 2.05) is 30.3 Å². The minimum absolute atomic E-state index is 0.00541. The Hall–Kier alpha value is -3.46. The molecule has 0 spiro atoms. The van der Waals surface area contributed by atoms with Crippen LogP contribution in [0.25, 0.3) is 21.9 Å². The molecule has 1 aliphatic rings. The fourth-order valence-corrected chi connectivity index (χ4v) is 5.07. The molecule has 0 radical (unpaired) electrons. The molecule has 1 saturated heterocycles. The Bertz CT molecular complexity index is 1340. The molecule has 0 unspecified atom stereocenters. The topological polar surface area (TPSA) is 117 Å². The van der Waals surface area contributed by atoms with Gasteiger partial charge in [0.1, 0.15) is 5.69 Å². The van der Waals surface area contributed by atoms with Crippen molar-refractivity contribution in [3.63, 3.8) is 0 Å². The van der Waals surface area contributed by atoms with Gasteiger partial charge in [0, 0.05) is 41.5 Å². The lowest BCUT2D eigenvalue weighted by atomic mass is 9.93. The van der Waals surface area contributed by atoms with E-state index in [0.29, 0.717) is 47.8 Å². The van der Waals surface area contributed by atoms with E-state index in [1.165, 1.54) is 4.57 Å². The van der Waals surface area contributed by atoms with Gasteiger partial charge in [-0.05, 0) is 47.9 Å². The van der Waals surface area contributed by atoms with E-state index in [2.05, 4.69) is 15.9 Å². The van der Waals surface area contributed by atoms with Crippen LogP contribution in [0.2, 0.25) is 0 Å². The number of hydrogen-bond acceptors (Lipinski definition) is 4. The first-order chi connectivity index (χ1) is 16.8. The predicted octanol–water partition coefficient (Wildman–Crippen LogP) is 4.23. The lowest BCUT2D eigenvalue weighted by Gasteiger charge is -2.32. The van der Waals surface area contributed by atoms with Crippen LogP contribution in [0, 0.1) is 5.92 Å². The Kier molecular flexibility index (Phi) is 7.35. The van der Waals surface area contributed by atoms with Crippen LogP contribution in [0.1, 0.15) is 36.2 Å². The first-order valence-corrected chi connectivity index (χ1v) is 12.2. The number of aromatic nitrogens is 1. The Morgan fingerprint density at radius 1 is 0.943 bits per heavy atom. The number of amides is 1. The maximum absolute atomic E-state index is 13.5. The molecule has 8 nitrogen and oxygen atoms in total. The third-order valence-electron chi connectivity index (χ3n) is 6.46. The number of rotatable bonds is 7. The number of aromatic carboxylic acids is 1. The second-order valence-electron chi connectivity index (χ2n) is 8.72. The van der Waals surface area contributed by atoms with E-state index in [9.17, 15) is 24.3 Å². The Labute approximate surface area is 209 Å². The fraction of sp³-hybridized carbons (Fsp3) is 0.308. The lowest BCUT2D eigenvalue weighted by molar-refractivity contribution is -0.141. The molecular formula is C26H25BrN2O6. The van der Waals surface area contributed by atoms with Crippen LogP contribution in [0.15, 0.2) is 57.8 Å². The van der Waals surface area contributed by atoms with Gasteiger partial charge in [0.25, 0.3) is 5.56 Å². The SMILES string of the molecule is O=C(O)CCC(=O)N1CCC(Cn2c(C(=O)O)c(-c3ccccc3)c3cc(Br)ccc3c2=O)CC1. The van der Waals surface area contributed by atoms with Gasteiger partial charge in [-0.3, -0.25) is 14.4 Å². The van der Waals surface area contributed by atoms with Crippen molar-refractivity contribution in [2.75, 3.05) is 13.1 Å². The number of carbonyl (C=O) groups excluding carboxylic acids is 1. The number of likely N-dealkylation sites (tertiary alicyclic amines) is 1. The van der Waals surface area contributed by atoms with Crippen molar-refractivity contribution in [1.82, 2.24) is 9.47 Å². The highest BCUT2D eigenvalue weighted by Crippen LogP contribution is 2.33. The standard InChI is InChI=1S/C26H25BrN2O6/c27-18-6-7-19-20(14-18)23(17-4-2-1-3-5-17)24(26(34)35)29(25(19)33)15-16-10-12-28(13-11-16)21(30)8-9-22(31)32/h1-7,14,16H,8-13,15H2,(H,31,32)(H,34,35). The largest absolute Gasteiger partial charge is 0.481 e. The molecule has 3 aromatic rings. The van der Waals surface area contributed by atoms with Gasteiger partial charge in [-0.25, -0.2) is 4.79 Å². The summed E-state index contributed by atoms with van der Waals surface area (Å²) in [5.41, 5.74) is 0.798. The van der Waals surface area contributed by atoms with Gasteiger partial charge < -0.3 is 19.7 Å². The van der Waals surface area contributed by atoms with Crippen molar-refractivity contribution in [3.05, 3.63) is 69.1 Å². The molecule has 0 aliphatic carbocycles. The number of fused-ring (bicyclic) bond motifs is 1. The van der Waals surface area contributed by atoms with E-state index in [1.54, 1.807) is 23.1 Å². The van der Waals surface area contributed by atoms with Gasteiger partial charge in [-0.1, -0.05) is 46.3 Å². The first kappa shape index (κ1) is 24.7. The molecule has 35 heavy (non-hydrogen) atoms. The molecule has 0 bridgehead atoms. The number of pyridine rings is 1. The molecule has 0 saturated carbocycles. The van der Waals surface area contributed by atoms with E-state index < -0.39 is 11.9 Å². The predicted molar refractivity (Wildman–Crippen MR) is 134 cm³/mol. The van der Waals surface area contributed by atoms with Crippen molar-refractivity contribution in [2.45, 2.75) is 32.2 Å². The normalized spacial score (nSPS) is 14.3. The fourth-order valence-electron chi connectivity index (χ4n) is 4.71. The summed E-state index contributed by atoms with van der Waals surface area (Å²) in [5, 5.41) is 20.1. The molecule has 2 N–H and O–H groups in total. The van der Waals surface area contributed by atoms with Crippen molar-refractivity contribution < 1.29 is 24.6 Å². The van der Waals surface area contributed by atoms with Gasteiger partial charge in [0.05, 0.1) is 6.42 Å². The summed E-state index contributed by atoms with van der Waals surface area (Å²) in [4.78, 5) is 50.7. The number of carboxylic acid groups (broad SMARTS) is 2. The Balaban J connectivity index is 1.70. The Morgan fingerprint density at radius 2 is 1.63 bits per heavy atom. The summed E-state index contributed by atoms with van der Waals surface area (Å²) in [6.07, 6.45) is 0.960. The van der Waals surface area contributed by atoms with E-state index >= 15 is 0 Å². The summed E-state index contributed by atoms with van der Waals surface area (Å²) >= 11 is 3.44. The van der Waals surface area contributed by atoms with E-state index in [-0.39, 0.29) is 42.5 Å². The number of carboxylic acids is 2. The van der Waals surface area contributed by atoms with Crippen LogP contribution in [-0.2, 0) is 16.1 Å². The summed E-state index contributed by atoms with van der Waals surface area (Å²) in [5.74, 6) is -2.38. The molecule has 2 aromatic carbocycles. The highest BCUT2D eigenvalue weighted by molar-refractivity contribution is 9.10. The second kappa shape index (κ2) is 10.4. The number of piperidine rings is 1. The van der Waals surface area contributed by atoms with Gasteiger partial charge in [-0.2, -0.15) is 0 Å². The zero-order valence-electron chi connectivity index (χ0n) is 18.9. The summed E-state index contributed by atoms with van der Waals surface area (Å²) < 4.78 is 2.11. The molecule has 9 heteroatoms.